The summed E-state index contributed by atoms with van der Waals surface area (Å²) < 4.78 is 20.6. The third-order valence-electron chi connectivity index (χ3n) is 9.42. The SMILES string of the molecule is C=C(B1O[C@H]2C[C@H]3C[C@H](C3(C)C)[C@@]2(C)O1)[C@@H]([C@H](O[Si](C)(C)C)C(C)C)[Si](C)(C)c1ccccc1. The largest absolute Gasteiger partial charge is 0.489 e. The van der Waals surface area contributed by atoms with Crippen LogP contribution in [-0.2, 0) is 13.7 Å². The third kappa shape index (κ3) is 4.36. The van der Waals surface area contributed by atoms with Crippen LogP contribution in [0.25, 0.3) is 0 Å². The molecule has 0 amide bonds. The molecular weight excluding hydrogens is 451 g/mol. The van der Waals surface area contributed by atoms with Crippen molar-refractivity contribution in [3.05, 3.63) is 42.4 Å². The first-order valence-corrected chi connectivity index (χ1v) is 19.8. The number of rotatable bonds is 8. The lowest BCUT2D eigenvalue weighted by Gasteiger charge is -2.64. The summed E-state index contributed by atoms with van der Waals surface area (Å²) >= 11 is 0. The number of hydrogen-bond acceptors (Lipinski definition) is 3. The lowest BCUT2D eigenvalue weighted by atomic mass is 9.43. The van der Waals surface area contributed by atoms with E-state index < -0.39 is 16.4 Å². The second-order valence-electron chi connectivity index (χ2n) is 13.9. The summed E-state index contributed by atoms with van der Waals surface area (Å²) in [6.07, 6.45) is 2.65. The second-order valence-corrected chi connectivity index (χ2v) is 23.0. The molecule has 5 rings (SSSR count). The predicted molar refractivity (Wildman–Crippen MR) is 150 cm³/mol. The summed E-state index contributed by atoms with van der Waals surface area (Å²) in [5.74, 6) is 1.68. The van der Waals surface area contributed by atoms with Crippen molar-refractivity contribution in [2.75, 3.05) is 0 Å². The fourth-order valence-corrected chi connectivity index (χ4v) is 12.4. The van der Waals surface area contributed by atoms with Crippen LogP contribution in [0.4, 0.5) is 0 Å². The molecule has 0 unspecified atom stereocenters. The minimum absolute atomic E-state index is 0.105. The minimum atomic E-state index is -2.04. The predicted octanol–water partition coefficient (Wildman–Crippen LogP) is 6.67. The average Bonchev–Trinajstić information content (AvgIpc) is 3.09. The maximum atomic E-state index is 6.96. The average molecular weight is 499 g/mol. The van der Waals surface area contributed by atoms with Gasteiger partial charge in [0.15, 0.2) is 8.32 Å². The standard InChI is InChI=1S/C28H47BO3Si2/c1-19(2)25(31-33(7,8)9)26(34(10,11)22-15-13-12-14-16-22)20(3)29-30-24-18-21-17-23(27(21,4)5)28(24,6)32-29/h12-16,19,21,23-26H,3,17-18H2,1-2,4-11H3/t21-,23-,24+,25-,26+,28-/m1/s1. The highest BCUT2D eigenvalue weighted by atomic mass is 28.4. The second kappa shape index (κ2) is 8.72. The van der Waals surface area contributed by atoms with E-state index in [1.807, 2.05) is 0 Å². The Hall–Kier alpha value is -0.661. The van der Waals surface area contributed by atoms with Crippen LogP contribution in [0.15, 0.2) is 42.4 Å². The van der Waals surface area contributed by atoms with Crippen LogP contribution in [0.5, 0.6) is 0 Å². The molecule has 3 nitrogen and oxygen atoms in total. The number of benzene rings is 1. The summed E-state index contributed by atoms with van der Waals surface area (Å²) in [5.41, 5.74) is 1.42. The first kappa shape index (κ1) is 26.4. The van der Waals surface area contributed by atoms with Gasteiger partial charge in [0.05, 0.1) is 25.9 Å². The van der Waals surface area contributed by atoms with Crippen molar-refractivity contribution >= 4 is 28.7 Å². The fourth-order valence-electron chi connectivity index (χ4n) is 7.30. The highest BCUT2D eigenvalue weighted by Crippen LogP contribution is 2.66. The molecule has 6 atom stereocenters. The lowest BCUT2D eigenvalue weighted by molar-refractivity contribution is -0.199. The molecule has 188 valence electrons. The van der Waals surface area contributed by atoms with E-state index in [1.54, 1.807) is 0 Å². The monoisotopic (exact) mass is 498 g/mol. The van der Waals surface area contributed by atoms with E-state index in [0.717, 1.165) is 17.8 Å². The first-order valence-electron chi connectivity index (χ1n) is 13.3. The van der Waals surface area contributed by atoms with E-state index in [2.05, 4.69) is 97.7 Å². The molecule has 0 N–H and O–H groups in total. The molecule has 1 heterocycles. The van der Waals surface area contributed by atoms with Gasteiger partial charge in [-0.25, -0.2) is 0 Å². The topological polar surface area (TPSA) is 27.7 Å². The van der Waals surface area contributed by atoms with Gasteiger partial charge < -0.3 is 13.7 Å². The molecule has 3 saturated carbocycles. The zero-order valence-electron chi connectivity index (χ0n) is 23.3. The molecular formula is C28H47BO3Si2. The van der Waals surface area contributed by atoms with Gasteiger partial charge >= 0.3 is 7.12 Å². The van der Waals surface area contributed by atoms with Gasteiger partial charge in [-0.15, -0.1) is 6.58 Å². The van der Waals surface area contributed by atoms with Crippen molar-refractivity contribution < 1.29 is 13.7 Å². The van der Waals surface area contributed by atoms with Crippen LogP contribution >= 0.6 is 0 Å². The summed E-state index contributed by atoms with van der Waals surface area (Å²) in [6, 6.07) is 11.0. The maximum Gasteiger partial charge on any atom is 0.489 e. The lowest BCUT2D eigenvalue weighted by Crippen LogP contribution is -2.65. The molecule has 1 aromatic rings. The Kier molecular flexibility index (Phi) is 6.77. The molecule has 34 heavy (non-hydrogen) atoms. The van der Waals surface area contributed by atoms with E-state index >= 15 is 0 Å². The van der Waals surface area contributed by atoms with Gasteiger partial charge in [-0.3, -0.25) is 0 Å². The van der Waals surface area contributed by atoms with E-state index in [-0.39, 0.29) is 30.5 Å². The Morgan fingerprint density at radius 2 is 1.68 bits per heavy atom. The summed E-state index contributed by atoms with van der Waals surface area (Å²) in [4.78, 5) is 0. The summed E-state index contributed by atoms with van der Waals surface area (Å²) in [6.45, 7) is 28.3. The van der Waals surface area contributed by atoms with Crippen molar-refractivity contribution in [3.63, 3.8) is 0 Å². The highest BCUT2D eigenvalue weighted by Gasteiger charge is 2.68. The summed E-state index contributed by atoms with van der Waals surface area (Å²) in [5, 5.41) is 1.44. The Labute approximate surface area is 211 Å². The van der Waals surface area contributed by atoms with Crippen LogP contribution in [-0.4, -0.2) is 41.3 Å². The van der Waals surface area contributed by atoms with Crippen LogP contribution < -0.4 is 5.19 Å². The molecule has 1 aromatic carbocycles. The van der Waals surface area contributed by atoms with Gasteiger partial charge in [0.2, 0.25) is 0 Å². The fraction of sp³-hybridized carbons (Fsp3) is 0.714. The third-order valence-corrected chi connectivity index (χ3v) is 14.5. The van der Waals surface area contributed by atoms with Gasteiger partial charge in [0, 0.05) is 5.54 Å². The minimum Gasteiger partial charge on any atom is -0.414 e. The molecule has 6 heteroatoms. The molecule has 1 saturated heterocycles. The highest BCUT2D eigenvalue weighted by molar-refractivity contribution is 6.92. The maximum absolute atomic E-state index is 6.96. The Morgan fingerprint density at radius 1 is 1.06 bits per heavy atom. The van der Waals surface area contributed by atoms with Crippen molar-refractivity contribution in [1.29, 1.82) is 0 Å². The zero-order chi connectivity index (χ0) is 25.3. The Morgan fingerprint density at radius 3 is 2.21 bits per heavy atom. The smallest absolute Gasteiger partial charge is 0.414 e. The van der Waals surface area contributed by atoms with Crippen LogP contribution in [0.3, 0.4) is 0 Å². The molecule has 0 aromatic heterocycles. The summed E-state index contributed by atoms with van der Waals surface area (Å²) in [7, 11) is -4.17. The first-order chi connectivity index (χ1) is 15.6. The Bertz CT molecular complexity index is 910. The van der Waals surface area contributed by atoms with Gasteiger partial charge in [0.25, 0.3) is 0 Å². The van der Waals surface area contributed by atoms with Gasteiger partial charge in [-0.2, -0.15) is 0 Å². The normalized spacial score (nSPS) is 32.2. The zero-order valence-corrected chi connectivity index (χ0v) is 25.3. The molecule has 1 aliphatic heterocycles. The van der Waals surface area contributed by atoms with Crippen molar-refractivity contribution in [3.8, 4) is 0 Å². The van der Waals surface area contributed by atoms with Crippen LogP contribution in [0, 0.1) is 23.2 Å². The molecule has 3 aliphatic carbocycles. The van der Waals surface area contributed by atoms with E-state index in [0.29, 0.717) is 17.3 Å². The molecule has 0 spiro atoms. The van der Waals surface area contributed by atoms with E-state index in [4.69, 9.17) is 20.3 Å². The van der Waals surface area contributed by atoms with Gasteiger partial charge in [-0.1, -0.05) is 76.3 Å². The van der Waals surface area contributed by atoms with Gasteiger partial charge in [0.1, 0.15) is 0 Å². The van der Waals surface area contributed by atoms with Gasteiger partial charge in [-0.05, 0) is 68.0 Å². The molecule has 2 bridgehead atoms. The Balaban J connectivity index is 1.70. The van der Waals surface area contributed by atoms with Crippen molar-refractivity contribution in [2.45, 2.75) is 104 Å². The van der Waals surface area contributed by atoms with Crippen molar-refractivity contribution in [2.24, 2.45) is 23.2 Å². The van der Waals surface area contributed by atoms with Crippen LogP contribution in [0.1, 0.15) is 47.5 Å². The molecule has 4 fully saturated rings. The van der Waals surface area contributed by atoms with Crippen LogP contribution in [0.2, 0.25) is 38.3 Å². The molecule has 4 aliphatic rings. The quantitative estimate of drug-likeness (QED) is 0.375. The van der Waals surface area contributed by atoms with E-state index in [1.165, 1.54) is 11.6 Å². The molecule has 0 radical (unpaired) electrons. The van der Waals surface area contributed by atoms with E-state index in [9.17, 15) is 0 Å². The number of hydrogen-bond donors (Lipinski definition) is 0. The van der Waals surface area contributed by atoms with Crippen molar-refractivity contribution in [1.82, 2.24) is 0 Å².